The summed E-state index contributed by atoms with van der Waals surface area (Å²) in [6, 6.07) is 82.9. The molecule has 0 atom stereocenters. The summed E-state index contributed by atoms with van der Waals surface area (Å²) >= 11 is 1.87. The first-order valence-corrected chi connectivity index (χ1v) is 22.6. The van der Waals surface area contributed by atoms with Crippen molar-refractivity contribution in [2.24, 2.45) is 0 Å². The lowest BCUT2D eigenvalue weighted by Crippen LogP contribution is -2.15. The number of hydrogen-bond donors (Lipinski definition) is 0. The molecule has 1 aliphatic rings. The lowest BCUT2D eigenvalue weighted by molar-refractivity contribution is 0.660. The summed E-state index contributed by atoms with van der Waals surface area (Å²) in [7, 11) is 0. The maximum Gasteiger partial charge on any atom is 0.0554 e. The zero-order valence-electron chi connectivity index (χ0n) is 35.2. The van der Waals surface area contributed by atoms with Gasteiger partial charge >= 0.3 is 0 Å². The van der Waals surface area contributed by atoms with E-state index in [0.29, 0.717) is 0 Å². The Morgan fingerprint density at radius 1 is 0.365 bits per heavy atom. The van der Waals surface area contributed by atoms with E-state index in [9.17, 15) is 0 Å². The zero-order chi connectivity index (χ0) is 42.1. The number of benzene rings is 10. The standard InChI is InChI=1S/C61H43NS/c1-61(2)54-36-35-48(39-52(54)59-51(22-12-23-55(59)61)44-16-7-4-8-17-44)62(47-33-30-45(31-34-47)50-21-11-19-43-18-9-10-20-49(43)50)56-24-13-25-58-60(56)53-38-46(32-37-57(53)63-58)42-28-26-41(27-29-42)40-14-5-3-6-15-40/h3-39H,1-2H3. The second-order valence-corrected chi connectivity index (χ2v) is 18.3. The lowest BCUT2D eigenvalue weighted by Gasteiger charge is -2.28. The van der Waals surface area contributed by atoms with Crippen LogP contribution in [0.4, 0.5) is 17.1 Å². The average molecular weight is 822 g/mol. The van der Waals surface area contributed by atoms with Crippen LogP contribution in [0.3, 0.4) is 0 Å². The second kappa shape index (κ2) is 14.8. The molecule has 11 aromatic rings. The number of fused-ring (bicyclic) bond motifs is 7. The van der Waals surface area contributed by atoms with E-state index in [-0.39, 0.29) is 5.41 Å². The van der Waals surface area contributed by atoms with Crippen molar-refractivity contribution >= 4 is 59.3 Å². The summed E-state index contributed by atoms with van der Waals surface area (Å²) in [5.41, 5.74) is 18.5. The number of anilines is 3. The molecule has 1 aliphatic carbocycles. The fourth-order valence-electron chi connectivity index (χ4n) is 10.1. The molecular weight excluding hydrogens is 779 g/mol. The summed E-state index contributed by atoms with van der Waals surface area (Å²) in [6.07, 6.45) is 0. The van der Waals surface area contributed by atoms with Crippen molar-refractivity contribution in [2.75, 3.05) is 4.90 Å². The summed E-state index contributed by atoms with van der Waals surface area (Å²) in [5, 5.41) is 5.05. The predicted octanol–water partition coefficient (Wildman–Crippen LogP) is 17.7. The molecule has 0 bridgehead atoms. The lowest BCUT2D eigenvalue weighted by atomic mass is 9.82. The average Bonchev–Trinajstić information content (AvgIpc) is 3.84. The molecule has 12 rings (SSSR count). The highest BCUT2D eigenvalue weighted by molar-refractivity contribution is 7.26. The van der Waals surface area contributed by atoms with Gasteiger partial charge in [-0.3, -0.25) is 0 Å². The van der Waals surface area contributed by atoms with Crippen molar-refractivity contribution in [3.05, 3.63) is 236 Å². The van der Waals surface area contributed by atoms with Crippen molar-refractivity contribution in [3.8, 4) is 55.6 Å². The molecule has 0 saturated carbocycles. The molecule has 1 nitrogen and oxygen atoms in total. The van der Waals surface area contributed by atoms with Crippen LogP contribution in [-0.2, 0) is 5.41 Å². The van der Waals surface area contributed by atoms with Crippen LogP contribution in [0.25, 0.3) is 86.6 Å². The minimum atomic E-state index is -0.141. The van der Waals surface area contributed by atoms with Gasteiger partial charge in [0.2, 0.25) is 0 Å². The van der Waals surface area contributed by atoms with Crippen LogP contribution in [0.5, 0.6) is 0 Å². The molecule has 0 amide bonds. The summed E-state index contributed by atoms with van der Waals surface area (Å²) in [5.74, 6) is 0. The summed E-state index contributed by atoms with van der Waals surface area (Å²) in [4.78, 5) is 2.50. The Morgan fingerprint density at radius 3 is 1.75 bits per heavy atom. The van der Waals surface area contributed by atoms with E-state index in [1.165, 1.54) is 103 Å². The largest absolute Gasteiger partial charge is 0.310 e. The van der Waals surface area contributed by atoms with E-state index < -0.39 is 0 Å². The topological polar surface area (TPSA) is 3.24 Å². The third-order valence-electron chi connectivity index (χ3n) is 13.3. The minimum Gasteiger partial charge on any atom is -0.310 e. The highest BCUT2D eigenvalue weighted by Gasteiger charge is 2.37. The molecule has 2 heteroatoms. The van der Waals surface area contributed by atoms with Gasteiger partial charge in [0.1, 0.15) is 0 Å². The molecule has 0 N–H and O–H groups in total. The number of thiophene rings is 1. The zero-order valence-corrected chi connectivity index (χ0v) is 36.0. The van der Waals surface area contributed by atoms with Crippen LogP contribution < -0.4 is 4.90 Å². The first kappa shape index (κ1) is 37.3. The molecule has 0 unspecified atom stereocenters. The van der Waals surface area contributed by atoms with E-state index in [2.05, 4.69) is 243 Å². The van der Waals surface area contributed by atoms with Gasteiger partial charge in [-0.15, -0.1) is 11.3 Å². The molecular formula is C61H43NS. The fraction of sp³-hybridized carbons (Fsp3) is 0.0492. The molecule has 10 aromatic carbocycles. The molecule has 0 aliphatic heterocycles. The van der Waals surface area contributed by atoms with Crippen molar-refractivity contribution in [1.82, 2.24) is 0 Å². The smallest absolute Gasteiger partial charge is 0.0554 e. The van der Waals surface area contributed by atoms with Crippen LogP contribution in [0.15, 0.2) is 224 Å². The highest BCUT2D eigenvalue weighted by Crippen LogP contribution is 2.54. The van der Waals surface area contributed by atoms with E-state index >= 15 is 0 Å². The number of nitrogens with zero attached hydrogens (tertiary/aromatic N) is 1. The van der Waals surface area contributed by atoms with Crippen LogP contribution in [-0.4, -0.2) is 0 Å². The van der Waals surface area contributed by atoms with Gasteiger partial charge in [0, 0.05) is 37.0 Å². The Morgan fingerprint density at radius 2 is 0.952 bits per heavy atom. The molecule has 298 valence electrons. The maximum atomic E-state index is 2.50. The van der Waals surface area contributed by atoms with Crippen LogP contribution in [0.2, 0.25) is 0 Å². The van der Waals surface area contributed by atoms with E-state index in [1.54, 1.807) is 0 Å². The van der Waals surface area contributed by atoms with Gasteiger partial charge in [0.05, 0.1) is 5.69 Å². The van der Waals surface area contributed by atoms with Gasteiger partial charge in [-0.25, -0.2) is 0 Å². The SMILES string of the molecule is CC1(C)c2ccc(N(c3ccc(-c4cccc5ccccc45)cc3)c3cccc4sc5ccc(-c6ccc(-c7ccccc7)cc6)cc5c34)cc2-c2c(-c3ccccc3)cccc21. The number of hydrogen-bond acceptors (Lipinski definition) is 2. The van der Waals surface area contributed by atoms with Crippen LogP contribution in [0, 0.1) is 0 Å². The van der Waals surface area contributed by atoms with Crippen molar-refractivity contribution in [3.63, 3.8) is 0 Å². The van der Waals surface area contributed by atoms with E-state index in [0.717, 1.165) is 11.4 Å². The first-order valence-electron chi connectivity index (χ1n) is 21.8. The van der Waals surface area contributed by atoms with Crippen molar-refractivity contribution < 1.29 is 0 Å². The maximum absolute atomic E-state index is 2.50. The Hall–Kier alpha value is -7.52. The van der Waals surface area contributed by atoms with Crippen molar-refractivity contribution in [1.29, 1.82) is 0 Å². The van der Waals surface area contributed by atoms with Gasteiger partial charge in [0.25, 0.3) is 0 Å². The molecule has 0 fully saturated rings. The van der Waals surface area contributed by atoms with Crippen LogP contribution >= 0.6 is 11.3 Å². The van der Waals surface area contributed by atoms with E-state index in [1.807, 2.05) is 11.3 Å². The Labute approximate surface area is 372 Å². The van der Waals surface area contributed by atoms with Gasteiger partial charge in [-0.1, -0.05) is 190 Å². The monoisotopic (exact) mass is 821 g/mol. The third-order valence-corrected chi connectivity index (χ3v) is 14.4. The van der Waals surface area contributed by atoms with Gasteiger partial charge in [-0.05, 0) is 126 Å². The van der Waals surface area contributed by atoms with E-state index in [4.69, 9.17) is 0 Å². The molecule has 0 spiro atoms. The quantitative estimate of drug-likeness (QED) is 0.155. The molecule has 1 aromatic heterocycles. The highest BCUT2D eigenvalue weighted by atomic mass is 32.1. The van der Waals surface area contributed by atoms with Crippen LogP contribution in [0.1, 0.15) is 25.0 Å². The third kappa shape index (κ3) is 6.21. The molecule has 0 saturated heterocycles. The Bertz CT molecular complexity index is 3500. The minimum absolute atomic E-state index is 0.141. The second-order valence-electron chi connectivity index (χ2n) is 17.3. The van der Waals surface area contributed by atoms with Gasteiger partial charge in [-0.2, -0.15) is 0 Å². The summed E-state index contributed by atoms with van der Waals surface area (Å²) < 4.78 is 2.56. The first-order chi connectivity index (χ1) is 31.0. The normalized spacial score (nSPS) is 12.7. The number of rotatable bonds is 7. The fourth-order valence-corrected chi connectivity index (χ4v) is 11.3. The molecule has 0 radical (unpaired) electrons. The summed E-state index contributed by atoms with van der Waals surface area (Å²) in [6.45, 7) is 4.75. The van der Waals surface area contributed by atoms with Crippen molar-refractivity contribution in [2.45, 2.75) is 19.3 Å². The Balaban J connectivity index is 1.05. The molecule has 1 heterocycles. The Kier molecular flexibility index (Phi) is 8.77. The molecule has 63 heavy (non-hydrogen) atoms. The van der Waals surface area contributed by atoms with Gasteiger partial charge < -0.3 is 4.90 Å². The van der Waals surface area contributed by atoms with Gasteiger partial charge in [0.15, 0.2) is 0 Å². The predicted molar refractivity (Wildman–Crippen MR) is 271 cm³/mol.